The van der Waals surface area contributed by atoms with Crippen molar-refractivity contribution in [3.05, 3.63) is 23.7 Å². The molecule has 102 valence electrons. The number of rotatable bonds is 3. The minimum absolute atomic E-state index is 0.265. The molecule has 3 heteroatoms. The second kappa shape index (κ2) is 4.62. The maximum Gasteiger partial charge on any atom is 0.177 e. The van der Waals surface area contributed by atoms with Gasteiger partial charge >= 0.3 is 0 Å². The molecule has 0 saturated heterocycles. The molecule has 3 rings (SSSR count). The molecular weight excluding hydrogens is 234 g/mol. The molecule has 0 radical (unpaired) electrons. The van der Waals surface area contributed by atoms with Crippen LogP contribution in [-0.2, 0) is 5.41 Å². The Bertz CT molecular complexity index is 577. The van der Waals surface area contributed by atoms with Gasteiger partial charge in [-0.2, -0.15) is 0 Å². The number of H-pyrrole nitrogens is 1. The van der Waals surface area contributed by atoms with Gasteiger partial charge in [-0.25, -0.2) is 9.97 Å². The largest absolute Gasteiger partial charge is 0.340 e. The molecule has 1 saturated carbocycles. The van der Waals surface area contributed by atoms with Gasteiger partial charge in [0.05, 0.1) is 5.52 Å². The fourth-order valence-corrected chi connectivity index (χ4v) is 3.66. The smallest absolute Gasteiger partial charge is 0.177 e. The molecule has 0 spiro atoms. The highest BCUT2D eigenvalue weighted by atomic mass is 15.0. The summed E-state index contributed by atoms with van der Waals surface area (Å²) in [6, 6.07) is 2.05. The fourth-order valence-electron chi connectivity index (χ4n) is 3.66. The van der Waals surface area contributed by atoms with Crippen LogP contribution in [0, 0.1) is 12.8 Å². The molecule has 3 nitrogen and oxygen atoms in total. The first kappa shape index (κ1) is 12.6. The van der Waals surface area contributed by atoms with E-state index in [0.717, 1.165) is 11.2 Å². The Morgan fingerprint density at radius 1 is 1.32 bits per heavy atom. The van der Waals surface area contributed by atoms with Crippen molar-refractivity contribution in [1.29, 1.82) is 0 Å². The first-order valence-electron chi connectivity index (χ1n) is 7.42. The Labute approximate surface area is 114 Å². The number of fused-ring (bicyclic) bond motifs is 1. The zero-order valence-electron chi connectivity index (χ0n) is 12.2. The van der Waals surface area contributed by atoms with Crippen LogP contribution in [0.1, 0.15) is 57.3 Å². The van der Waals surface area contributed by atoms with Crippen LogP contribution in [0.5, 0.6) is 0 Å². The lowest BCUT2D eigenvalue weighted by atomic mass is 9.78. The van der Waals surface area contributed by atoms with E-state index in [4.69, 9.17) is 4.98 Å². The number of hydrogen-bond donors (Lipinski definition) is 1. The van der Waals surface area contributed by atoms with Crippen molar-refractivity contribution in [3.63, 3.8) is 0 Å². The van der Waals surface area contributed by atoms with E-state index in [1.54, 1.807) is 0 Å². The Morgan fingerprint density at radius 2 is 2.05 bits per heavy atom. The van der Waals surface area contributed by atoms with Crippen LogP contribution in [0.3, 0.4) is 0 Å². The summed E-state index contributed by atoms with van der Waals surface area (Å²) in [6.45, 7) is 6.74. The Morgan fingerprint density at radius 3 is 2.68 bits per heavy atom. The molecule has 0 atom stereocenters. The standard InChI is InChI=1S/C16H23N3/c1-11(2)10-16(7-4-5-8-16)15-18-13-12(3)6-9-17-14(13)19-15/h6,9,11H,4-5,7-8,10H2,1-3H3,(H,17,18,19). The first-order chi connectivity index (χ1) is 9.11. The minimum atomic E-state index is 0.265. The number of pyridine rings is 1. The first-order valence-corrected chi connectivity index (χ1v) is 7.42. The summed E-state index contributed by atoms with van der Waals surface area (Å²) in [5.41, 5.74) is 3.50. The Kier molecular flexibility index (Phi) is 3.08. The highest BCUT2D eigenvalue weighted by molar-refractivity contribution is 5.74. The summed E-state index contributed by atoms with van der Waals surface area (Å²) in [5.74, 6) is 1.89. The molecule has 0 amide bonds. The molecule has 0 aliphatic heterocycles. The lowest BCUT2D eigenvalue weighted by molar-refractivity contribution is 0.331. The van der Waals surface area contributed by atoms with Gasteiger partial charge in [0, 0.05) is 11.6 Å². The summed E-state index contributed by atoms with van der Waals surface area (Å²) in [4.78, 5) is 12.8. The molecule has 1 aliphatic rings. The van der Waals surface area contributed by atoms with Gasteiger partial charge in [0.1, 0.15) is 5.82 Å². The molecule has 19 heavy (non-hydrogen) atoms. The highest BCUT2D eigenvalue weighted by Gasteiger charge is 2.38. The summed E-state index contributed by atoms with van der Waals surface area (Å²) >= 11 is 0. The van der Waals surface area contributed by atoms with Gasteiger partial charge < -0.3 is 4.98 Å². The van der Waals surface area contributed by atoms with Crippen molar-refractivity contribution < 1.29 is 0 Å². The quantitative estimate of drug-likeness (QED) is 0.898. The van der Waals surface area contributed by atoms with Crippen LogP contribution in [-0.4, -0.2) is 15.0 Å². The Hall–Kier alpha value is -1.38. The second-order valence-corrected chi connectivity index (χ2v) is 6.50. The number of aromatic nitrogens is 3. The van der Waals surface area contributed by atoms with E-state index >= 15 is 0 Å². The van der Waals surface area contributed by atoms with Crippen LogP contribution in [0.25, 0.3) is 11.2 Å². The van der Waals surface area contributed by atoms with Gasteiger partial charge in [-0.1, -0.05) is 26.7 Å². The monoisotopic (exact) mass is 257 g/mol. The van der Waals surface area contributed by atoms with Crippen LogP contribution < -0.4 is 0 Å². The zero-order valence-corrected chi connectivity index (χ0v) is 12.2. The minimum Gasteiger partial charge on any atom is -0.340 e. The second-order valence-electron chi connectivity index (χ2n) is 6.50. The fraction of sp³-hybridized carbons (Fsp3) is 0.625. The molecule has 2 aromatic heterocycles. The van der Waals surface area contributed by atoms with Crippen LogP contribution >= 0.6 is 0 Å². The lowest BCUT2D eigenvalue weighted by Gasteiger charge is -2.28. The van der Waals surface area contributed by atoms with Gasteiger partial charge in [-0.15, -0.1) is 0 Å². The third kappa shape index (κ3) is 2.15. The summed E-state index contributed by atoms with van der Waals surface area (Å²) in [6.07, 6.45) is 8.28. The van der Waals surface area contributed by atoms with E-state index in [0.29, 0.717) is 5.92 Å². The molecule has 1 fully saturated rings. The summed E-state index contributed by atoms with van der Waals surface area (Å²) < 4.78 is 0. The number of nitrogens with zero attached hydrogens (tertiary/aromatic N) is 2. The molecule has 0 bridgehead atoms. The molecule has 2 aromatic rings. The van der Waals surface area contributed by atoms with Crippen LogP contribution in [0.15, 0.2) is 12.3 Å². The predicted molar refractivity (Wildman–Crippen MR) is 78.2 cm³/mol. The highest BCUT2D eigenvalue weighted by Crippen LogP contribution is 2.44. The molecule has 0 unspecified atom stereocenters. The molecule has 1 N–H and O–H groups in total. The summed E-state index contributed by atoms with van der Waals surface area (Å²) in [5, 5.41) is 0. The zero-order chi connectivity index (χ0) is 13.5. The van der Waals surface area contributed by atoms with Crippen molar-refractivity contribution >= 4 is 11.2 Å². The van der Waals surface area contributed by atoms with Crippen molar-refractivity contribution in [2.45, 2.75) is 58.3 Å². The number of hydrogen-bond acceptors (Lipinski definition) is 2. The predicted octanol–water partition coefficient (Wildman–Crippen LogP) is 4.12. The maximum absolute atomic E-state index is 4.81. The van der Waals surface area contributed by atoms with E-state index in [1.165, 1.54) is 43.5 Å². The van der Waals surface area contributed by atoms with Gasteiger partial charge in [-0.3, -0.25) is 0 Å². The van der Waals surface area contributed by atoms with Crippen LogP contribution in [0.4, 0.5) is 0 Å². The SMILES string of the molecule is Cc1ccnc2nc(C3(CC(C)C)CCCC3)[nH]c12. The van der Waals surface area contributed by atoms with E-state index in [2.05, 4.69) is 30.7 Å². The van der Waals surface area contributed by atoms with Gasteiger partial charge in [0.15, 0.2) is 5.65 Å². The normalized spacial score (nSPS) is 18.5. The van der Waals surface area contributed by atoms with Crippen molar-refractivity contribution in [1.82, 2.24) is 15.0 Å². The number of aromatic amines is 1. The van der Waals surface area contributed by atoms with E-state index in [9.17, 15) is 0 Å². The number of nitrogens with one attached hydrogen (secondary N) is 1. The molecular formula is C16H23N3. The number of imidazole rings is 1. The molecule has 1 aliphatic carbocycles. The third-order valence-corrected chi connectivity index (χ3v) is 4.46. The third-order valence-electron chi connectivity index (χ3n) is 4.46. The average Bonchev–Trinajstić information content (AvgIpc) is 2.95. The van der Waals surface area contributed by atoms with Gasteiger partial charge in [0.25, 0.3) is 0 Å². The van der Waals surface area contributed by atoms with Crippen molar-refractivity contribution in [2.24, 2.45) is 5.92 Å². The topological polar surface area (TPSA) is 41.6 Å². The van der Waals surface area contributed by atoms with Crippen molar-refractivity contribution in [3.8, 4) is 0 Å². The number of aryl methyl sites for hydroxylation is 1. The van der Waals surface area contributed by atoms with Crippen LogP contribution in [0.2, 0.25) is 0 Å². The molecule has 2 heterocycles. The average molecular weight is 257 g/mol. The van der Waals surface area contributed by atoms with E-state index < -0.39 is 0 Å². The Balaban J connectivity index is 2.08. The maximum atomic E-state index is 4.81. The van der Waals surface area contributed by atoms with Gasteiger partial charge in [0.2, 0.25) is 0 Å². The van der Waals surface area contributed by atoms with Gasteiger partial charge in [-0.05, 0) is 43.7 Å². The van der Waals surface area contributed by atoms with E-state index in [1.807, 2.05) is 12.3 Å². The summed E-state index contributed by atoms with van der Waals surface area (Å²) in [7, 11) is 0. The van der Waals surface area contributed by atoms with E-state index in [-0.39, 0.29) is 5.41 Å². The molecule has 0 aromatic carbocycles. The van der Waals surface area contributed by atoms with Crippen molar-refractivity contribution in [2.75, 3.05) is 0 Å². The lowest BCUT2D eigenvalue weighted by Crippen LogP contribution is -2.25.